The fraction of sp³-hybridized carbons (Fsp3) is 0.348. The number of para-hydroxylation sites is 1. The number of rotatable bonds is 4. The van der Waals surface area contributed by atoms with Crippen LogP contribution in [0.25, 0.3) is 11.4 Å². The minimum absolute atomic E-state index is 0.0145. The van der Waals surface area contributed by atoms with Gasteiger partial charge in [0.1, 0.15) is 17.7 Å². The van der Waals surface area contributed by atoms with Crippen molar-refractivity contribution in [3.63, 3.8) is 0 Å². The van der Waals surface area contributed by atoms with Crippen LogP contribution in [0.3, 0.4) is 0 Å². The van der Waals surface area contributed by atoms with E-state index < -0.39 is 11.6 Å². The lowest BCUT2D eigenvalue weighted by molar-refractivity contribution is -0.133. The number of hydrogen-bond donors (Lipinski definition) is 1. The van der Waals surface area contributed by atoms with Crippen molar-refractivity contribution in [2.45, 2.75) is 18.5 Å². The quantitative estimate of drug-likeness (QED) is 0.627. The van der Waals surface area contributed by atoms with Crippen molar-refractivity contribution >= 4 is 11.6 Å². The maximum Gasteiger partial charge on any atom is 0.239 e. The molecule has 0 unspecified atom stereocenters. The van der Waals surface area contributed by atoms with Gasteiger partial charge in [-0.05, 0) is 35.9 Å². The zero-order valence-electron chi connectivity index (χ0n) is 18.2. The molecule has 3 heterocycles. The van der Waals surface area contributed by atoms with Crippen molar-refractivity contribution in [2.24, 2.45) is 0 Å². The summed E-state index contributed by atoms with van der Waals surface area (Å²) in [7, 11) is 0. The highest BCUT2D eigenvalue weighted by atomic mass is 19.1. The molecule has 2 fully saturated rings. The summed E-state index contributed by atoms with van der Waals surface area (Å²) in [5.41, 5.74) is 1.59. The summed E-state index contributed by atoms with van der Waals surface area (Å²) in [6.45, 7) is 2.91. The fourth-order valence-electron chi connectivity index (χ4n) is 4.47. The number of hydrogen-bond acceptors (Lipinski definition) is 7. The van der Waals surface area contributed by atoms with E-state index in [-0.39, 0.29) is 29.4 Å². The van der Waals surface area contributed by atoms with E-state index in [4.69, 9.17) is 0 Å². The number of nitrogens with zero attached hydrogens (tertiary/aromatic N) is 7. The SMILES string of the molecule is N#Cc1ccccc1N1CCN(C(=O)[C@@H]2C[C@H](n3nnc(-c4ccc(F)cc4F)n3)CN2)CC1. The molecule has 2 aromatic carbocycles. The second-order valence-electron chi connectivity index (χ2n) is 8.35. The topological polar surface area (TPSA) is 103 Å². The van der Waals surface area contributed by atoms with Crippen LogP contribution in [-0.2, 0) is 4.79 Å². The summed E-state index contributed by atoms with van der Waals surface area (Å²) >= 11 is 0. The summed E-state index contributed by atoms with van der Waals surface area (Å²) < 4.78 is 27.2. The molecule has 1 N–H and O–H groups in total. The van der Waals surface area contributed by atoms with Gasteiger partial charge in [-0.3, -0.25) is 4.79 Å². The van der Waals surface area contributed by atoms with Crippen LogP contribution < -0.4 is 10.2 Å². The van der Waals surface area contributed by atoms with E-state index >= 15 is 0 Å². The number of aromatic nitrogens is 4. The van der Waals surface area contributed by atoms with E-state index in [1.54, 1.807) is 6.07 Å². The third-order valence-corrected chi connectivity index (χ3v) is 6.29. The van der Waals surface area contributed by atoms with Crippen molar-refractivity contribution < 1.29 is 13.6 Å². The van der Waals surface area contributed by atoms with E-state index in [2.05, 4.69) is 31.7 Å². The maximum atomic E-state index is 14.0. The predicted molar refractivity (Wildman–Crippen MR) is 119 cm³/mol. The van der Waals surface area contributed by atoms with Crippen molar-refractivity contribution in [2.75, 3.05) is 37.6 Å². The van der Waals surface area contributed by atoms with Crippen molar-refractivity contribution in [3.05, 3.63) is 59.7 Å². The smallest absolute Gasteiger partial charge is 0.239 e. The first-order valence-electron chi connectivity index (χ1n) is 11.0. The van der Waals surface area contributed by atoms with E-state index in [9.17, 15) is 18.8 Å². The van der Waals surface area contributed by atoms with Crippen LogP contribution in [-0.4, -0.2) is 69.8 Å². The van der Waals surface area contributed by atoms with Crippen molar-refractivity contribution in [1.29, 1.82) is 5.26 Å². The number of halogens is 2. The average Bonchev–Trinajstić information content (AvgIpc) is 3.54. The highest BCUT2D eigenvalue weighted by molar-refractivity contribution is 5.82. The first-order valence-corrected chi connectivity index (χ1v) is 11.0. The number of anilines is 1. The lowest BCUT2D eigenvalue weighted by atomic mass is 10.1. The van der Waals surface area contributed by atoms with Gasteiger partial charge in [-0.2, -0.15) is 10.1 Å². The molecule has 1 aromatic heterocycles. The van der Waals surface area contributed by atoms with Gasteiger partial charge in [0.2, 0.25) is 11.7 Å². The molecule has 0 radical (unpaired) electrons. The lowest BCUT2D eigenvalue weighted by Crippen LogP contribution is -2.53. The molecule has 9 nitrogen and oxygen atoms in total. The monoisotopic (exact) mass is 464 g/mol. The Morgan fingerprint density at radius 3 is 2.68 bits per heavy atom. The molecule has 0 spiro atoms. The van der Waals surface area contributed by atoms with E-state index in [0.717, 1.165) is 17.8 Å². The molecule has 0 aliphatic carbocycles. The molecule has 0 saturated carbocycles. The molecule has 1 amide bonds. The van der Waals surface area contributed by atoms with Crippen molar-refractivity contribution in [1.82, 2.24) is 30.4 Å². The zero-order valence-corrected chi connectivity index (χ0v) is 18.2. The summed E-state index contributed by atoms with van der Waals surface area (Å²) in [6.07, 6.45) is 0.484. The van der Waals surface area contributed by atoms with Crippen LogP contribution in [0.15, 0.2) is 42.5 Å². The average molecular weight is 464 g/mol. The van der Waals surface area contributed by atoms with Crippen molar-refractivity contribution in [3.8, 4) is 17.5 Å². The Morgan fingerprint density at radius 2 is 1.91 bits per heavy atom. The number of benzene rings is 2. The molecule has 174 valence electrons. The number of tetrazole rings is 1. The van der Waals surface area contributed by atoms with Crippen LogP contribution in [0.5, 0.6) is 0 Å². The van der Waals surface area contributed by atoms with E-state index in [1.807, 2.05) is 23.1 Å². The van der Waals surface area contributed by atoms with Gasteiger partial charge in [0.25, 0.3) is 0 Å². The normalized spacial score (nSPS) is 20.4. The minimum Gasteiger partial charge on any atom is -0.367 e. The summed E-state index contributed by atoms with van der Waals surface area (Å²) in [5, 5.41) is 24.7. The second-order valence-corrected chi connectivity index (χ2v) is 8.35. The third-order valence-electron chi connectivity index (χ3n) is 6.29. The Balaban J connectivity index is 1.19. The van der Waals surface area contributed by atoms with E-state index in [1.165, 1.54) is 10.9 Å². The van der Waals surface area contributed by atoms with Gasteiger partial charge in [0.15, 0.2) is 0 Å². The highest BCUT2D eigenvalue weighted by Crippen LogP contribution is 2.25. The number of carbonyl (C=O) groups is 1. The predicted octanol–water partition coefficient (Wildman–Crippen LogP) is 1.74. The van der Waals surface area contributed by atoms with E-state index in [0.29, 0.717) is 44.7 Å². The largest absolute Gasteiger partial charge is 0.367 e. The summed E-state index contributed by atoms with van der Waals surface area (Å²) in [6, 6.07) is 12.3. The Labute approximate surface area is 194 Å². The van der Waals surface area contributed by atoms with Gasteiger partial charge in [0.05, 0.1) is 28.9 Å². The Morgan fingerprint density at radius 1 is 1.12 bits per heavy atom. The van der Waals surface area contributed by atoms with Gasteiger partial charge in [-0.25, -0.2) is 8.78 Å². The van der Waals surface area contributed by atoms with Crippen LogP contribution in [0.1, 0.15) is 18.0 Å². The fourth-order valence-corrected chi connectivity index (χ4v) is 4.47. The summed E-state index contributed by atoms with van der Waals surface area (Å²) in [5.74, 6) is -1.35. The molecular formula is C23H22F2N8O. The van der Waals surface area contributed by atoms with Crippen LogP contribution in [0.2, 0.25) is 0 Å². The molecule has 0 bridgehead atoms. The number of nitriles is 1. The van der Waals surface area contributed by atoms with Crippen LogP contribution >= 0.6 is 0 Å². The van der Waals surface area contributed by atoms with Gasteiger partial charge >= 0.3 is 0 Å². The molecule has 2 aliphatic rings. The Hall–Kier alpha value is -3.91. The molecular weight excluding hydrogens is 442 g/mol. The lowest BCUT2D eigenvalue weighted by Gasteiger charge is -2.37. The Bertz CT molecular complexity index is 1250. The van der Waals surface area contributed by atoms with Gasteiger partial charge in [-0.15, -0.1) is 10.2 Å². The third kappa shape index (κ3) is 4.20. The first kappa shape index (κ1) is 21.9. The summed E-state index contributed by atoms with van der Waals surface area (Å²) in [4.78, 5) is 18.4. The van der Waals surface area contributed by atoms with Crippen LogP contribution in [0, 0.1) is 23.0 Å². The number of nitrogens with one attached hydrogen (secondary N) is 1. The molecule has 3 aromatic rings. The first-order chi connectivity index (χ1) is 16.5. The minimum atomic E-state index is -0.756. The highest BCUT2D eigenvalue weighted by Gasteiger charge is 2.35. The molecule has 34 heavy (non-hydrogen) atoms. The van der Waals surface area contributed by atoms with Gasteiger partial charge < -0.3 is 15.1 Å². The maximum absolute atomic E-state index is 14.0. The number of carbonyl (C=O) groups excluding carboxylic acids is 1. The molecule has 11 heteroatoms. The van der Waals surface area contributed by atoms with Gasteiger partial charge in [0, 0.05) is 38.8 Å². The molecule has 2 aliphatic heterocycles. The van der Waals surface area contributed by atoms with Crippen LogP contribution in [0.4, 0.5) is 14.5 Å². The number of piperazine rings is 1. The number of amides is 1. The standard InChI is InChI=1S/C23H22F2N8O/c24-16-5-6-18(19(25)11-16)22-28-30-33(29-22)17-12-20(27-14-17)23(34)32-9-7-31(8-10-32)21-4-2-1-3-15(21)13-26/h1-6,11,17,20,27H,7-10,12,14H2/t17-,20-/m0/s1. The Kier molecular flexibility index (Phi) is 5.90. The molecule has 5 rings (SSSR count). The molecule has 2 saturated heterocycles. The van der Waals surface area contributed by atoms with Gasteiger partial charge in [-0.1, -0.05) is 12.1 Å². The zero-order chi connectivity index (χ0) is 23.7. The second kappa shape index (κ2) is 9.15. The molecule has 2 atom stereocenters.